The molecular formula is C31H28FN5O. The third-order valence-electron chi connectivity index (χ3n) is 7.15. The minimum atomic E-state index is -0.354. The van der Waals surface area contributed by atoms with Gasteiger partial charge >= 0.3 is 6.03 Å². The molecule has 0 aliphatic carbocycles. The fraction of sp³-hybridized carbons (Fsp3) is 0.161. The molecule has 1 N–H and O–H groups in total. The fourth-order valence-corrected chi connectivity index (χ4v) is 5.16. The molecule has 190 valence electrons. The van der Waals surface area contributed by atoms with Gasteiger partial charge in [-0.05, 0) is 73.0 Å². The molecule has 1 aliphatic rings. The van der Waals surface area contributed by atoms with E-state index in [1.54, 1.807) is 12.1 Å². The van der Waals surface area contributed by atoms with Crippen molar-refractivity contribution in [3.63, 3.8) is 0 Å². The molecule has 2 amide bonds. The number of anilines is 1. The molecule has 0 fully saturated rings. The summed E-state index contributed by atoms with van der Waals surface area (Å²) in [6.45, 7) is 4.46. The van der Waals surface area contributed by atoms with Crippen molar-refractivity contribution in [3.05, 3.63) is 131 Å². The predicted octanol–water partition coefficient (Wildman–Crippen LogP) is 6.81. The number of aromatic nitrogens is 3. The van der Waals surface area contributed by atoms with E-state index in [4.69, 9.17) is 5.10 Å². The summed E-state index contributed by atoms with van der Waals surface area (Å²) in [7, 11) is 0. The number of benzene rings is 3. The molecule has 0 spiro atoms. The number of amides is 2. The molecule has 0 saturated heterocycles. The van der Waals surface area contributed by atoms with Crippen LogP contribution in [0, 0.1) is 12.7 Å². The van der Waals surface area contributed by atoms with E-state index < -0.39 is 0 Å². The maximum Gasteiger partial charge on any atom is 0.322 e. The van der Waals surface area contributed by atoms with Crippen LogP contribution < -0.4 is 5.32 Å². The first-order chi connectivity index (χ1) is 18.5. The van der Waals surface area contributed by atoms with Gasteiger partial charge in [0, 0.05) is 17.4 Å². The van der Waals surface area contributed by atoms with E-state index in [0.717, 1.165) is 40.4 Å². The molecule has 0 bridgehead atoms. The smallest absolute Gasteiger partial charge is 0.308 e. The molecule has 3 heterocycles. The largest absolute Gasteiger partial charge is 0.322 e. The second-order valence-electron chi connectivity index (χ2n) is 9.50. The summed E-state index contributed by atoms with van der Waals surface area (Å²) in [5.74, 6) is 0.569. The third-order valence-corrected chi connectivity index (χ3v) is 7.15. The lowest BCUT2D eigenvalue weighted by atomic mass is 9.99. The normalized spacial score (nSPS) is 14.5. The fourth-order valence-electron chi connectivity index (χ4n) is 5.16. The van der Waals surface area contributed by atoms with Crippen LogP contribution in [0.4, 0.5) is 14.9 Å². The molecular weight excluding hydrogens is 477 g/mol. The molecule has 38 heavy (non-hydrogen) atoms. The van der Waals surface area contributed by atoms with Crippen molar-refractivity contribution in [1.29, 1.82) is 0 Å². The van der Waals surface area contributed by atoms with Crippen molar-refractivity contribution in [3.8, 4) is 11.5 Å². The molecule has 0 unspecified atom stereocenters. The van der Waals surface area contributed by atoms with Gasteiger partial charge in [0.25, 0.3) is 0 Å². The van der Waals surface area contributed by atoms with Gasteiger partial charge in [-0.3, -0.25) is 0 Å². The van der Waals surface area contributed by atoms with Crippen molar-refractivity contribution in [2.75, 3.05) is 5.32 Å². The van der Waals surface area contributed by atoms with Crippen molar-refractivity contribution in [2.45, 2.75) is 32.9 Å². The number of hydrogen-bond acceptors (Lipinski definition) is 2. The van der Waals surface area contributed by atoms with E-state index in [1.807, 2.05) is 59.1 Å². The second-order valence-corrected chi connectivity index (χ2v) is 9.50. The number of urea groups is 1. The SMILES string of the molecule is CCc1ccc([C@@H]2c3cccn3-c3c(c(C)nn3-c3ccccc3)CN2C(=O)Nc2ccc(F)cc2)cc1. The number of hydrogen-bond donors (Lipinski definition) is 1. The molecule has 0 radical (unpaired) electrons. The topological polar surface area (TPSA) is 55.1 Å². The lowest BCUT2D eigenvalue weighted by molar-refractivity contribution is 0.194. The first kappa shape index (κ1) is 23.7. The molecule has 3 aromatic carbocycles. The van der Waals surface area contributed by atoms with E-state index in [9.17, 15) is 9.18 Å². The summed E-state index contributed by atoms with van der Waals surface area (Å²) in [6.07, 6.45) is 2.97. The summed E-state index contributed by atoms with van der Waals surface area (Å²) < 4.78 is 17.6. The predicted molar refractivity (Wildman–Crippen MR) is 146 cm³/mol. The number of nitrogens with zero attached hydrogens (tertiary/aromatic N) is 4. The van der Waals surface area contributed by atoms with Gasteiger partial charge in [0.15, 0.2) is 0 Å². The summed E-state index contributed by atoms with van der Waals surface area (Å²) in [4.78, 5) is 15.8. The summed E-state index contributed by atoms with van der Waals surface area (Å²) >= 11 is 0. The molecule has 6 nitrogen and oxygen atoms in total. The summed E-state index contributed by atoms with van der Waals surface area (Å²) in [5.41, 5.74) is 6.51. The molecule has 1 aliphatic heterocycles. The highest BCUT2D eigenvalue weighted by atomic mass is 19.1. The Balaban J connectivity index is 1.52. The molecule has 0 saturated carbocycles. The average molecular weight is 506 g/mol. The Morgan fingerprint density at radius 3 is 2.42 bits per heavy atom. The van der Waals surface area contributed by atoms with E-state index >= 15 is 0 Å². The second kappa shape index (κ2) is 9.67. The van der Waals surface area contributed by atoms with Crippen LogP contribution in [-0.2, 0) is 13.0 Å². The number of rotatable bonds is 4. The van der Waals surface area contributed by atoms with Crippen LogP contribution in [0.3, 0.4) is 0 Å². The van der Waals surface area contributed by atoms with Crippen LogP contribution in [0.2, 0.25) is 0 Å². The zero-order chi connectivity index (χ0) is 26.2. The van der Waals surface area contributed by atoms with E-state index in [-0.39, 0.29) is 17.9 Å². The van der Waals surface area contributed by atoms with Gasteiger partial charge in [-0.1, -0.05) is 49.4 Å². The monoisotopic (exact) mass is 505 g/mol. The van der Waals surface area contributed by atoms with Crippen LogP contribution in [0.15, 0.2) is 97.2 Å². The van der Waals surface area contributed by atoms with E-state index in [1.165, 1.54) is 17.7 Å². The van der Waals surface area contributed by atoms with Crippen LogP contribution in [-0.4, -0.2) is 25.3 Å². The average Bonchev–Trinajstić information content (AvgIpc) is 3.51. The third kappa shape index (κ3) is 4.16. The van der Waals surface area contributed by atoms with Gasteiger partial charge < -0.3 is 14.8 Å². The number of carbonyl (C=O) groups is 1. The first-order valence-electron chi connectivity index (χ1n) is 12.8. The Bertz CT molecular complexity index is 1590. The quantitative estimate of drug-likeness (QED) is 0.292. The number of fused-ring (bicyclic) bond motifs is 3. The number of carbonyl (C=O) groups excluding carboxylic acids is 1. The lowest BCUT2D eigenvalue weighted by Crippen LogP contribution is -2.38. The van der Waals surface area contributed by atoms with Gasteiger partial charge in [0.05, 0.1) is 29.7 Å². The van der Waals surface area contributed by atoms with Gasteiger partial charge in [0.2, 0.25) is 0 Å². The zero-order valence-corrected chi connectivity index (χ0v) is 21.3. The highest BCUT2D eigenvalue weighted by molar-refractivity contribution is 5.90. The van der Waals surface area contributed by atoms with Gasteiger partial charge in [-0.2, -0.15) is 5.10 Å². The van der Waals surface area contributed by atoms with Crippen molar-refractivity contribution in [1.82, 2.24) is 19.2 Å². The number of para-hydroxylation sites is 1. The Hall–Kier alpha value is -4.65. The van der Waals surface area contributed by atoms with Crippen molar-refractivity contribution < 1.29 is 9.18 Å². The minimum absolute atomic E-state index is 0.270. The van der Waals surface area contributed by atoms with Crippen molar-refractivity contribution >= 4 is 11.7 Å². The van der Waals surface area contributed by atoms with Gasteiger partial charge in [0.1, 0.15) is 11.6 Å². The highest BCUT2D eigenvalue weighted by Crippen LogP contribution is 2.38. The Kier molecular flexibility index (Phi) is 6.04. The highest BCUT2D eigenvalue weighted by Gasteiger charge is 2.36. The molecule has 5 aromatic rings. The number of halogens is 1. The van der Waals surface area contributed by atoms with Crippen LogP contribution in [0.25, 0.3) is 11.5 Å². The van der Waals surface area contributed by atoms with Gasteiger partial charge in [-0.15, -0.1) is 0 Å². The molecule has 2 aromatic heterocycles. The Labute approximate surface area is 221 Å². The summed E-state index contributed by atoms with van der Waals surface area (Å²) in [5, 5.41) is 7.87. The first-order valence-corrected chi connectivity index (χ1v) is 12.8. The van der Waals surface area contributed by atoms with Crippen LogP contribution in [0.5, 0.6) is 0 Å². The summed E-state index contributed by atoms with van der Waals surface area (Å²) in [6, 6.07) is 27.7. The van der Waals surface area contributed by atoms with E-state index in [2.05, 4.69) is 47.1 Å². The van der Waals surface area contributed by atoms with Crippen molar-refractivity contribution in [2.24, 2.45) is 0 Å². The van der Waals surface area contributed by atoms with E-state index in [0.29, 0.717) is 12.2 Å². The maximum absolute atomic E-state index is 13.9. The minimum Gasteiger partial charge on any atom is -0.308 e. The molecule has 1 atom stereocenters. The maximum atomic E-state index is 13.9. The van der Waals surface area contributed by atoms with Crippen LogP contribution >= 0.6 is 0 Å². The Morgan fingerprint density at radius 2 is 1.71 bits per heavy atom. The molecule has 6 rings (SSSR count). The lowest BCUT2D eigenvalue weighted by Gasteiger charge is -2.31. The standard InChI is InChI=1S/C31H28FN5O/c1-3-22-11-13-23(14-12-22)29-28-10-7-19-35(28)30-27(21(2)34-37(30)26-8-5-4-6-9-26)20-36(29)31(38)33-25-17-15-24(32)16-18-25/h4-19,29H,3,20H2,1-2H3,(H,33,38)/t29-/m1/s1. The number of aryl methyl sites for hydroxylation is 2. The number of nitrogens with one attached hydrogen (secondary N) is 1. The van der Waals surface area contributed by atoms with Crippen LogP contribution in [0.1, 0.15) is 41.0 Å². The Morgan fingerprint density at radius 1 is 0.974 bits per heavy atom. The molecule has 7 heteroatoms. The zero-order valence-electron chi connectivity index (χ0n) is 21.3. The van der Waals surface area contributed by atoms with Gasteiger partial charge in [-0.25, -0.2) is 13.9 Å².